The Morgan fingerprint density at radius 1 is 0.946 bits per heavy atom. The van der Waals surface area contributed by atoms with Crippen molar-refractivity contribution in [3.05, 3.63) is 90.0 Å². The fraction of sp³-hybridized carbons (Fsp3) is 0.333. The van der Waals surface area contributed by atoms with Crippen LogP contribution in [0, 0.1) is 0 Å². The second-order valence-corrected chi connectivity index (χ2v) is 9.41. The Kier molecular flexibility index (Phi) is 9.29. The largest absolute Gasteiger partial charge is 0.465 e. The Balaban J connectivity index is 1.18. The number of piperidine rings is 1. The molecule has 0 spiro atoms. The molecule has 1 heterocycles. The van der Waals surface area contributed by atoms with E-state index in [-0.39, 0.29) is 12.1 Å². The van der Waals surface area contributed by atoms with Gasteiger partial charge in [0, 0.05) is 38.3 Å². The van der Waals surface area contributed by atoms with E-state index in [0.717, 1.165) is 67.9 Å². The lowest BCUT2D eigenvalue weighted by molar-refractivity contribution is 0.0562. The normalized spacial score (nSPS) is 14.4. The number of likely N-dealkylation sites (tertiary alicyclic amines) is 1. The number of hydrogen-bond acceptors (Lipinski definition) is 6. The van der Waals surface area contributed by atoms with Crippen LogP contribution in [-0.2, 0) is 16.0 Å². The van der Waals surface area contributed by atoms with E-state index in [4.69, 9.17) is 9.47 Å². The van der Waals surface area contributed by atoms with E-state index < -0.39 is 6.09 Å². The Morgan fingerprint density at radius 2 is 1.62 bits per heavy atom. The number of benzene rings is 3. The summed E-state index contributed by atoms with van der Waals surface area (Å²) in [7, 11) is 3.49. The molecule has 1 aliphatic rings. The molecule has 7 nitrogen and oxygen atoms in total. The van der Waals surface area contributed by atoms with Crippen molar-refractivity contribution in [3.8, 4) is 11.1 Å². The van der Waals surface area contributed by atoms with Crippen molar-refractivity contribution < 1.29 is 19.1 Å². The molecule has 0 unspecified atom stereocenters. The molecule has 1 saturated heterocycles. The molecule has 194 valence electrons. The number of carbonyl (C=O) groups excluding carboxylic acids is 2. The molecule has 0 radical (unpaired) electrons. The van der Waals surface area contributed by atoms with Crippen molar-refractivity contribution in [2.75, 3.05) is 45.7 Å². The summed E-state index contributed by atoms with van der Waals surface area (Å²) < 4.78 is 10.5. The van der Waals surface area contributed by atoms with Gasteiger partial charge in [0.1, 0.15) is 6.10 Å². The summed E-state index contributed by atoms with van der Waals surface area (Å²) in [6.45, 7) is 4.51. The second kappa shape index (κ2) is 13.0. The van der Waals surface area contributed by atoms with E-state index in [9.17, 15) is 9.59 Å². The quantitative estimate of drug-likeness (QED) is 0.402. The zero-order chi connectivity index (χ0) is 26.0. The highest BCUT2D eigenvalue weighted by Gasteiger charge is 2.23. The number of para-hydroxylation sites is 1. The summed E-state index contributed by atoms with van der Waals surface area (Å²) >= 11 is 0. The summed E-state index contributed by atoms with van der Waals surface area (Å²) in [6, 6.07) is 25.3. The number of hydrogen-bond donors (Lipinski definition) is 1. The average molecular weight is 502 g/mol. The van der Waals surface area contributed by atoms with Gasteiger partial charge in [0.2, 0.25) is 0 Å². The second-order valence-electron chi connectivity index (χ2n) is 9.41. The summed E-state index contributed by atoms with van der Waals surface area (Å²) in [5.41, 5.74) is 4.49. The minimum atomic E-state index is -0.403. The smallest absolute Gasteiger partial charge is 0.411 e. The summed E-state index contributed by atoms with van der Waals surface area (Å²) in [5.74, 6) is -0.318. The molecule has 3 aromatic carbocycles. The van der Waals surface area contributed by atoms with E-state index in [1.807, 2.05) is 66.7 Å². The third-order valence-electron chi connectivity index (χ3n) is 6.68. The van der Waals surface area contributed by atoms with Crippen molar-refractivity contribution in [3.63, 3.8) is 0 Å². The molecule has 4 rings (SSSR count). The lowest BCUT2D eigenvalue weighted by Gasteiger charge is -2.32. The summed E-state index contributed by atoms with van der Waals surface area (Å²) in [6.07, 6.45) is 1.17. The van der Waals surface area contributed by atoms with Gasteiger partial charge in [-0.05, 0) is 49.2 Å². The predicted octanol–water partition coefficient (Wildman–Crippen LogP) is 5.29. The Morgan fingerprint density at radius 3 is 2.32 bits per heavy atom. The number of amides is 1. The van der Waals surface area contributed by atoms with E-state index in [1.165, 1.54) is 7.11 Å². The average Bonchev–Trinajstić information content (AvgIpc) is 2.93. The molecule has 0 saturated carbocycles. The molecule has 1 N–H and O–H groups in total. The van der Waals surface area contributed by atoms with Crippen LogP contribution < -0.4 is 5.32 Å². The van der Waals surface area contributed by atoms with Crippen molar-refractivity contribution in [1.82, 2.24) is 9.80 Å². The maximum Gasteiger partial charge on any atom is 0.411 e. The first-order chi connectivity index (χ1) is 18.0. The lowest BCUT2D eigenvalue weighted by Crippen LogP contribution is -2.41. The standard InChI is InChI=1S/C30H35N3O4/c1-32(22-23-12-14-25(15-13-23)29(34)36-2)20-21-33-18-16-26(17-19-33)37-30(35)31-28-11-7-6-10-27(28)24-8-4-3-5-9-24/h3-15,26H,16-22H2,1-2H3,(H,31,35). The monoisotopic (exact) mass is 501 g/mol. The predicted molar refractivity (Wildman–Crippen MR) is 146 cm³/mol. The van der Waals surface area contributed by atoms with Crippen LogP contribution >= 0.6 is 0 Å². The van der Waals surface area contributed by atoms with E-state index >= 15 is 0 Å². The van der Waals surface area contributed by atoms with Gasteiger partial charge >= 0.3 is 12.1 Å². The van der Waals surface area contributed by atoms with E-state index in [1.54, 1.807) is 12.1 Å². The number of ether oxygens (including phenoxy) is 2. The first-order valence-electron chi connectivity index (χ1n) is 12.7. The number of carbonyl (C=O) groups is 2. The zero-order valence-corrected chi connectivity index (χ0v) is 21.6. The van der Waals surface area contributed by atoms with Gasteiger partial charge in [-0.2, -0.15) is 0 Å². The lowest BCUT2D eigenvalue weighted by atomic mass is 10.0. The third kappa shape index (κ3) is 7.65. The number of nitrogens with one attached hydrogen (secondary N) is 1. The summed E-state index contributed by atoms with van der Waals surface area (Å²) in [4.78, 5) is 28.9. The number of likely N-dealkylation sites (N-methyl/N-ethyl adjacent to an activating group) is 1. The maximum atomic E-state index is 12.6. The van der Waals surface area contributed by atoms with Gasteiger partial charge in [-0.1, -0.05) is 60.7 Å². The molecule has 0 aromatic heterocycles. The Hall–Kier alpha value is -3.68. The van der Waals surface area contributed by atoms with Gasteiger partial charge in [-0.15, -0.1) is 0 Å². The van der Waals surface area contributed by atoms with Crippen LogP contribution in [0.15, 0.2) is 78.9 Å². The van der Waals surface area contributed by atoms with Crippen LogP contribution in [0.4, 0.5) is 10.5 Å². The van der Waals surface area contributed by atoms with Crippen molar-refractivity contribution in [2.24, 2.45) is 0 Å². The minimum Gasteiger partial charge on any atom is -0.465 e. The van der Waals surface area contributed by atoms with Gasteiger partial charge in [0.25, 0.3) is 0 Å². The molecule has 37 heavy (non-hydrogen) atoms. The van der Waals surface area contributed by atoms with Crippen LogP contribution in [0.5, 0.6) is 0 Å². The zero-order valence-electron chi connectivity index (χ0n) is 21.6. The van der Waals surface area contributed by atoms with Crippen molar-refractivity contribution >= 4 is 17.7 Å². The third-order valence-corrected chi connectivity index (χ3v) is 6.68. The number of nitrogens with zero attached hydrogens (tertiary/aromatic N) is 2. The molecular formula is C30H35N3O4. The van der Waals surface area contributed by atoms with Crippen LogP contribution in [-0.4, -0.2) is 68.3 Å². The molecule has 7 heteroatoms. The van der Waals surface area contributed by atoms with Crippen molar-refractivity contribution in [2.45, 2.75) is 25.5 Å². The Bertz CT molecular complexity index is 1160. The fourth-order valence-corrected chi connectivity index (χ4v) is 4.57. The highest BCUT2D eigenvalue weighted by atomic mass is 16.6. The number of anilines is 1. The van der Waals surface area contributed by atoms with Crippen LogP contribution in [0.2, 0.25) is 0 Å². The van der Waals surface area contributed by atoms with Gasteiger partial charge in [0.15, 0.2) is 0 Å². The minimum absolute atomic E-state index is 0.0776. The van der Waals surface area contributed by atoms with Crippen LogP contribution in [0.3, 0.4) is 0 Å². The molecule has 0 bridgehead atoms. The molecular weight excluding hydrogens is 466 g/mol. The topological polar surface area (TPSA) is 71.1 Å². The molecule has 1 amide bonds. The highest BCUT2D eigenvalue weighted by molar-refractivity contribution is 5.91. The molecule has 0 atom stereocenters. The van der Waals surface area contributed by atoms with Gasteiger partial charge in [-0.3, -0.25) is 5.32 Å². The fourth-order valence-electron chi connectivity index (χ4n) is 4.57. The van der Waals surface area contributed by atoms with Crippen molar-refractivity contribution in [1.29, 1.82) is 0 Å². The van der Waals surface area contributed by atoms with Gasteiger partial charge in [-0.25, -0.2) is 9.59 Å². The van der Waals surface area contributed by atoms with Crippen LogP contribution in [0.1, 0.15) is 28.8 Å². The molecule has 1 aliphatic heterocycles. The first-order valence-corrected chi connectivity index (χ1v) is 12.7. The Labute approximate surface area is 219 Å². The number of rotatable bonds is 9. The van der Waals surface area contributed by atoms with Gasteiger partial charge in [0.05, 0.1) is 18.4 Å². The number of esters is 1. The van der Waals surface area contributed by atoms with E-state index in [0.29, 0.717) is 5.56 Å². The summed E-state index contributed by atoms with van der Waals surface area (Å²) in [5, 5.41) is 2.94. The maximum absolute atomic E-state index is 12.6. The SMILES string of the molecule is COC(=O)c1ccc(CN(C)CCN2CCC(OC(=O)Nc3ccccc3-c3ccccc3)CC2)cc1. The molecule has 1 fully saturated rings. The van der Waals surface area contributed by atoms with Crippen LogP contribution in [0.25, 0.3) is 11.1 Å². The molecule has 0 aliphatic carbocycles. The van der Waals surface area contributed by atoms with Gasteiger partial charge < -0.3 is 19.3 Å². The first kappa shape index (κ1) is 26.4. The molecule has 3 aromatic rings. The highest BCUT2D eigenvalue weighted by Crippen LogP contribution is 2.28. The van der Waals surface area contributed by atoms with E-state index in [2.05, 4.69) is 22.2 Å². The number of methoxy groups -OCH3 is 1.